The normalized spacial score (nSPS) is 14.3. The molecule has 0 atom stereocenters. The monoisotopic (exact) mass is 250 g/mol. The van der Waals surface area contributed by atoms with E-state index in [1.165, 1.54) is 12.8 Å². The molecule has 0 radical (unpaired) electrons. The number of fused-ring (bicyclic) bond motifs is 1. The van der Waals surface area contributed by atoms with Gasteiger partial charge < -0.3 is 15.2 Å². The predicted molar refractivity (Wildman–Crippen MR) is 73.1 cm³/mol. The molecule has 1 aliphatic rings. The zero-order chi connectivity index (χ0) is 13.0. The number of aromatic nitrogens is 2. The van der Waals surface area contributed by atoms with Crippen molar-refractivity contribution >= 4 is 5.82 Å². The van der Waals surface area contributed by atoms with E-state index < -0.39 is 0 Å². The van der Waals surface area contributed by atoms with Gasteiger partial charge in [-0.1, -0.05) is 19.8 Å². The van der Waals surface area contributed by atoms with E-state index in [0.717, 1.165) is 49.6 Å². The molecule has 1 aromatic rings. The molecule has 0 aromatic carbocycles. The average molecular weight is 250 g/mol. The lowest BCUT2D eigenvalue weighted by atomic mass is 10.1. The van der Waals surface area contributed by atoms with Gasteiger partial charge in [-0.3, -0.25) is 0 Å². The Morgan fingerprint density at radius 3 is 3.00 bits per heavy atom. The van der Waals surface area contributed by atoms with Gasteiger partial charge in [0.1, 0.15) is 5.82 Å². The SMILES string of the molecule is CCCCCN(C)c1nc(=O)[nH]c2c1CNCC2. The van der Waals surface area contributed by atoms with Gasteiger partial charge in [-0.05, 0) is 6.42 Å². The van der Waals surface area contributed by atoms with E-state index in [-0.39, 0.29) is 5.69 Å². The van der Waals surface area contributed by atoms with Crippen LogP contribution in [-0.4, -0.2) is 30.1 Å². The zero-order valence-corrected chi connectivity index (χ0v) is 11.3. The van der Waals surface area contributed by atoms with Crippen LogP contribution in [0.15, 0.2) is 4.79 Å². The van der Waals surface area contributed by atoms with Crippen LogP contribution in [-0.2, 0) is 13.0 Å². The number of unbranched alkanes of at least 4 members (excludes halogenated alkanes) is 2. The van der Waals surface area contributed by atoms with Crippen molar-refractivity contribution in [2.75, 3.05) is 25.0 Å². The smallest absolute Gasteiger partial charge is 0.347 e. The molecule has 5 heteroatoms. The van der Waals surface area contributed by atoms with Gasteiger partial charge in [0.05, 0.1) is 0 Å². The van der Waals surface area contributed by atoms with Gasteiger partial charge in [-0.25, -0.2) is 4.79 Å². The van der Waals surface area contributed by atoms with Gasteiger partial charge in [-0.15, -0.1) is 0 Å². The van der Waals surface area contributed by atoms with Crippen LogP contribution in [0.1, 0.15) is 37.4 Å². The highest BCUT2D eigenvalue weighted by Gasteiger charge is 2.18. The van der Waals surface area contributed by atoms with E-state index in [9.17, 15) is 4.79 Å². The maximum Gasteiger partial charge on any atom is 0.347 e. The Morgan fingerprint density at radius 1 is 1.39 bits per heavy atom. The highest BCUT2D eigenvalue weighted by atomic mass is 16.1. The number of H-pyrrole nitrogens is 1. The molecule has 0 bridgehead atoms. The summed E-state index contributed by atoms with van der Waals surface area (Å²) >= 11 is 0. The molecule has 2 rings (SSSR count). The third-order valence-electron chi connectivity index (χ3n) is 3.41. The van der Waals surface area contributed by atoms with Gasteiger partial charge in [-0.2, -0.15) is 4.98 Å². The predicted octanol–water partition coefficient (Wildman–Crippen LogP) is 1.04. The summed E-state index contributed by atoms with van der Waals surface area (Å²) in [5.41, 5.74) is 1.97. The minimum atomic E-state index is -0.229. The van der Waals surface area contributed by atoms with E-state index in [1.54, 1.807) is 0 Å². The number of anilines is 1. The van der Waals surface area contributed by atoms with Crippen molar-refractivity contribution in [3.63, 3.8) is 0 Å². The fourth-order valence-corrected chi connectivity index (χ4v) is 2.38. The first-order valence-corrected chi connectivity index (χ1v) is 6.76. The molecule has 1 aliphatic heterocycles. The highest BCUT2D eigenvalue weighted by molar-refractivity contribution is 5.48. The lowest BCUT2D eigenvalue weighted by Crippen LogP contribution is -2.33. The van der Waals surface area contributed by atoms with Crippen LogP contribution in [0.2, 0.25) is 0 Å². The molecule has 0 amide bonds. The minimum absolute atomic E-state index is 0.229. The number of nitrogens with one attached hydrogen (secondary N) is 2. The Kier molecular flexibility index (Phi) is 4.36. The second-order valence-electron chi connectivity index (χ2n) is 4.88. The fraction of sp³-hybridized carbons (Fsp3) is 0.692. The highest BCUT2D eigenvalue weighted by Crippen LogP contribution is 2.20. The quantitative estimate of drug-likeness (QED) is 0.767. The largest absolute Gasteiger partial charge is 0.359 e. The molecular formula is C13H22N4O. The van der Waals surface area contributed by atoms with Gasteiger partial charge in [0.15, 0.2) is 0 Å². The second kappa shape index (κ2) is 6.00. The molecule has 2 N–H and O–H groups in total. The summed E-state index contributed by atoms with van der Waals surface area (Å²) in [7, 11) is 2.02. The van der Waals surface area contributed by atoms with Gasteiger partial charge in [0.2, 0.25) is 0 Å². The lowest BCUT2D eigenvalue weighted by Gasteiger charge is -2.25. The summed E-state index contributed by atoms with van der Waals surface area (Å²) in [5, 5.41) is 3.33. The Labute approximate surface area is 108 Å². The first-order valence-electron chi connectivity index (χ1n) is 6.76. The number of aromatic amines is 1. The summed E-state index contributed by atoms with van der Waals surface area (Å²) in [4.78, 5) is 20.7. The molecule has 0 spiro atoms. The van der Waals surface area contributed by atoms with Crippen molar-refractivity contribution in [1.82, 2.24) is 15.3 Å². The molecule has 0 saturated carbocycles. The van der Waals surface area contributed by atoms with E-state index >= 15 is 0 Å². The maximum absolute atomic E-state index is 11.6. The average Bonchev–Trinajstić information content (AvgIpc) is 2.38. The molecule has 100 valence electrons. The van der Waals surface area contributed by atoms with Crippen LogP contribution in [0.25, 0.3) is 0 Å². The third kappa shape index (κ3) is 2.90. The van der Waals surface area contributed by atoms with Crippen molar-refractivity contribution in [1.29, 1.82) is 0 Å². The molecule has 5 nitrogen and oxygen atoms in total. The van der Waals surface area contributed by atoms with E-state index in [0.29, 0.717) is 0 Å². The van der Waals surface area contributed by atoms with Crippen molar-refractivity contribution < 1.29 is 0 Å². The molecule has 0 unspecified atom stereocenters. The maximum atomic E-state index is 11.6. The van der Waals surface area contributed by atoms with Crippen molar-refractivity contribution in [3.05, 3.63) is 21.7 Å². The molecule has 0 saturated heterocycles. The van der Waals surface area contributed by atoms with Crippen LogP contribution < -0.4 is 15.9 Å². The third-order valence-corrected chi connectivity index (χ3v) is 3.41. The molecule has 2 heterocycles. The Morgan fingerprint density at radius 2 is 2.22 bits per heavy atom. The Hall–Kier alpha value is -1.36. The van der Waals surface area contributed by atoms with Crippen LogP contribution in [0.3, 0.4) is 0 Å². The van der Waals surface area contributed by atoms with Crippen LogP contribution in [0, 0.1) is 0 Å². The second-order valence-corrected chi connectivity index (χ2v) is 4.88. The molecule has 0 fully saturated rings. The Balaban J connectivity index is 2.20. The summed E-state index contributed by atoms with van der Waals surface area (Å²) < 4.78 is 0. The van der Waals surface area contributed by atoms with Crippen molar-refractivity contribution in [2.45, 2.75) is 39.2 Å². The molecule has 18 heavy (non-hydrogen) atoms. The van der Waals surface area contributed by atoms with E-state index in [1.807, 2.05) is 7.05 Å². The molecular weight excluding hydrogens is 228 g/mol. The van der Waals surface area contributed by atoms with Crippen molar-refractivity contribution in [3.8, 4) is 0 Å². The lowest BCUT2D eigenvalue weighted by molar-refractivity contribution is 0.616. The fourth-order valence-electron chi connectivity index (χ4n) is 2.38. The van der Waals surface area contributed by atoms with Crippen molar-refractivity contribution in [2.24, 2.45) is 0 Å². The van der Waals surface area contributed by atoms with Gasteiger partial charge in [0.25, 0.3) is 0 Å². The number of nitrogens with zero attached hydrogens (tertiary/aromatic N) is 2. The van der Waals surface area contributed by atoms with Gasteiger partial charge in [0, 0.05) is 44.4 Å². The molecule has 1 aromatic heterocycles. The standard InChI is InChI=1S/C13H22N4O/c1-3-4-5-8-17(2)12-10-9-14-7-6-11(10)15-13(18)16-12/h14H,3-9H2,1-2H3,(H,15,16,18). The minimum Gasteiger partial charge on any atom is -0.359 e. The summed E-state index contributed by atoms with van der Waals surface area (Å²) in [6.07, 6.45) is 4.44. The van der Waals surface area contributed by atoms with Gasteiger partial charge >= 0.3 is 5.69 Å². The summed E-state index contributed by atoms with van der Waals surface area (Å²) in [5.74, 6) is 0.844. The number of hydrogen-bond donors (Lipinski definition) is 2. The topological polar surface area (TPSA) is 61.0 Å². The summed E-state index contributed by atoms with van der Waals surface area (Å²) in [6, 6.07) is 0. The van der Waals surface area contributed by atoms with Crippen LogP contribution in [0.4, 0.5) is 5.82 Å². The number of rotatable bonds is 5. The first-order chi connectivity index (χ1) is 8.72. The van der Waals surface area contributed by atoms with E-state index in [2.05, 4.69) is 27.1 Å². The molecule has 0 aliphatic carbocycles. The summed E-state index contributed by atoms with van der Waals surface area (Å²) in [6.45, 7) is 4.87. The van der Waals surface area contributed by atoms with E-state index in [4.69, 9.17) is 0 Å². The zero-order valence-electron chi connectivity index (χ0n) is 11.3. The first kappa shape index (κ1) is 13.1. The Bertz CT molecular complexity index is 455. The van der Waals surface area contributed by atoms with Crippen LogP contribution in [0.5, 0.6) is 0 Å². The number of hydrogen-bond acceptors (Lipinski definition) is 4. The van der Waals surface area contributed by atoms with Crippen LogP contribution >= 0.6 is 0 Å².